The van der Waals surface area contributed by atoms with Crippen LogP contribution in [0, 0.1) is 17.2 Å². The lowest BCUT2D eigenvalue weighted by atomic mass is 9.77. The van der Waals surface area contributed by atoms with Gasteiger partial charge in [0.05, 0.1) is 6.61 Å². The second-order valence-corrected chi connectivity index (χ2v) is 11.6. The Kier molecular flexibility index (Phi) is 9.69. The van der Waals surface area contributed by atoms with Gasteiger partial charge in [0.25, 0.3) is 0 Å². The summed E-state index contributed by atoms with van der Waals surface area (Å²) in [5.41, 5.74) is 6.72. The van der Waals surface area contributed by atoms with E-state index in [1.54, 1.807) is 6.07 Å². The monoisotopic (exact) mass is 514 g/mol. The molecule has 0 heterocycles. The van der Waals surface area contributed by atoms with Crippen molar-refractivity contribution in [1.82, 2.24) is 0 Å². The van der Waals surface area contributed by atoms with Gasteiger partial charge >= 0.3 is 0 Å². The molecule has 0 amide bonds. The Hall–Kier alpha value is -2.61. The number of rotatable bonds is 11. The summed E-state index contributed by atoms with van der Waals surface area (Å²) < 4.78 is 21.5. The Bertz CT molecular complexity index is 1160. The van der Waals surface area contributed by atoms with Crippen molar-refractivity contribution in [1.29, 1.82) is 0 Å². The molecule has 0 bridgehead atoms. The molecule has 0 saturated heterocycles. The minimum absolute atomic E-state index is 0.109. The summed E-state index contributed by atoms with van der Waals surface area (Å²) in [7, 11) is 0. The van der Waals surface area contributed by atoms with Gasteiger partial charge < -0.3 is 4.74 Å². The highest BCUT2D eigenvalue weighted by molar-refractivity contribution is 5.72. The summed E-state index contributed by atoms with van der Waals surface area (Å²) in [5, 5.41) is 0. The lowest BCUT2D eigenvalue weighted by Gasteiger charge is -2.30. The second kappa shape index (κ2) is 13.0. The van der Waals surface area contributed by atoms with E-state index in [9.17, 15) is 0 Å². The third-order valence-electron chi connectivity index (χ3n) is 9.59. The molecule has 1 nitrogen and oxygen atoms in total. The molecule has 3 aromatic carbocycles. The highest BCUT2D eigenvalue weighted by Crippen LogP contribution is 2.38. The van der Waals surface area contributed by atoms with Gasteiger partial charge in [0.1, 0.15) is 11.6 Å². The van der Waals surface area contributed by atoms with Crippen LogP contribution in [0.1, 0.15) is 103 Å². The van der Waals surface area contributed by atoms with Gasteiger partial charge in [0.15, 0.2) is 0 Å². The van der Waals surface area contributed by atoms with Gasteiger partial charge in [0.2, 0.25) is 0 Å². The Morgan fingerprint density at radius 2 is 1.39 bits per heavy atom. The molecule has 3 aromatic rings. The van der Waals surface area contributed by atoms with Crippen LogP contribution in [0.3, 0.4) is 0 Å². The van der Waals surface area contributed by atoms with E-state index in [-0.39, 0.29) is 5.82 Å². The lowest BCUT2D eigenvalue weighted by molar-refractivity contribution is 0.173. The van der Waals surface area contributed by atoms with Gasteiger partial charge in [-0.1, -0.05) is 109 Å². The molecule has 0 radical (unpaired) electrons. The van der Waals surface area contributed by atoms with Gasteiger partial charge in [-0.2, -0.15) is 0 Å². The first-order chi connectivity index (χ1) is 18.4. The Balaban J connectivity index is 1.45. The molecule has 204 valence electrons. The normalized spacial score (nSPS) is 17.9. The molecule has 1 aliphatic carbocycles. The molecule has 1 saturated carbocycles. The zero-order valence-electron chi connectivity index (χ0n) is 24.3. The largest absolute Gasteiger partial charge is 0.493 e. The highest BCUT2D eigenvalue weighted by Gasteiger charge is 2.24. The number of ether oxygens (including phenoxy) is 1. The van der Waals surface area contributed by atoms with E-state index in [4.69, 9.17) is 4.74 Å². The van der Waals surface area contributed by atoms with Gasteiger partial charge in [-0.05, 0) is 89.0 Å². The Morgan fingerprint density at radius 1 is 0.763 bits per heavy atom. The SMILES string of the molecule is CCc1cc(-c2ccc(-c3ccc(C4CCC(C)CC4)cc3F)cc2)ccc1OCCC(CC)(CC)CC. The van der Waals surface area contributed by atoms with Crippen LogP contribution >= 0.6 is 0 Å². The first-order valence-corrected chi connectivity index (χ1v) is 15.1. The average Bonchev–Trinajstić information content (AvgIpc) is 2.96. The Labute approximate surface area is 230 Å². The van der Waals surface area contributed by atoms with E-state index in [1.165, 1.54) is 56.1 Å². The molecule has 0 atom stereocenters. The van der Waals surface area contributed by atoms with E-state index >= 15 is 4.39 Å². The zero-order valence-corrected chi connectivity index (χ0v) is 24.3. The van der Waals surface area contributed by atoms with Gasteiger partial charge in [-0.3, -0.25) is 0 Å². The van der Waals surface area contributed by atoms with Crippen LogP contribution in [0.25, 0.3) is 22.3 Å². The minimum atomic E-state index is -0.109. The smallest absolute Gasteiger partial charge is 0.131 e. The van der Waals surface area contributed by atoms with Crippen molar-refractivity contribution in [3.63, 3.8) is 0 Å². The van der Waals surface area contributed by atoms with E-state index in [0.29, 0.717) is 16.9 Å². The number of hydrogen-bond donors (Lipinski definition) is 0. The maximum atomic E-state index is 15.2. The second-order valence-electron chi connectivity index (χ2n) is 11.6. The number of halogens is 1. The van der Waals surface area contributed by atoms with Crippen LogP contribution in [-0.4, -0.2) is 6.61 Å². The summed E-state index contributed by atoms with van der Waals surface area (Å²) in [6.07, 6.45) is 10.5. The predicted octanol–water partition coefficient (Wildman–Crippen LogP) is 11.0. The van der Waals surface area contributed by atoms with E-state index in [0.717, 1.165) is 47.8 Å². The van der Waals surface area contributed by atoms with Gasteiger partial charge in [-0.25, -0.2) is 4.39 Å². The number of hydrogen-bond acceptors (Lipinski definition) is 1. The molecule has 0 N–H and O–H groups in total. The number of benzene rings is 3. The van der Waals surface area contributed by atoms with Gasteiger partial charge in [-0.15, -0.1) is 0 Å². The summed E-state index contributed by atoms with van der Waals surface area (Å²) in [4.78, 5) is 0. The summed E-state index contributed by atoms with van der Waals surface area (Å²) >= 11 is 0. The first-order valence-electron chi connectivity index (χ1n) is 15.1. The quantitative estimate of drug-likeness (QED) is 0.247. The van der Waals surface area contributed by atoms with E-state index in [1.807, 2.05) is 18.2 Å². The van der Waals surface area contributed by atoms with Crippen LogP contribution < -0.4 is 4.74 Å². The fourth-order valence-corrected chi connectivity index (χ4v) is 6.29. The zero-order chi connectivity index (χ0) is 27.1. The molecule has 2 heteroatoms. The van der Waals surface area contributed by atoms with Crippen molar-refractivity contribution < 1.29 is 9.13 Å². The standard InChI is InChI=1S/C36H47FO/c1-6-27-24-31(19-21-35(27)38-23-22-36(7-2,8-3)9-4)29-14-16-30(17-15-29)33-20-18-32(25-34(33)37)28-12-10-26(5)11-13-28/h14-21,24-26,28H,6-13,22-23H2,1-5H3. The van der Waals surface area contributed by atoms with Crippen LogP contribution in [0.5, 0.6) is 5.75 Å². The fourth-order valence-electron chi connectivity index (χ4n) is 6.29. The summed E-state index contributed by atoms with van der Waals surface area (Å²) in [5.74, 6) is 2.20. The molecule has 0 aliphatic heterocycles. The lowest BCUT2D eigenvalue weighted by Crippen LogP contribution is -2.21. The van der Waals surface area contributed by atoms with Crippen molar-refractivity contribution in [2.45, 2.75) is 98.3 Å². The summed E-state index contributed by atoms with van der Waals surface area (Å²) in [6.45, 7) is 12.2. The van der Waals surface area contributed by atoms with Crippen LogP contribution in [0.4, 0.5) is 4.39 Å². The van der Waals surface area contributed by atoms with Crippen molar-refractivity contribution in [2.75, 3.05) is 6.61 Å². The summed E-state index contributed by atoms with van der Waals surface area (Å²) in [6, 6.07) is 20.7. The molecule has 0 unspecified atom stereocenters. The van der Waals surface area contributed by atoms with Crippen LogP contribution in [-0.2, 0) is 6.42 Å². The minimum Gasteiger partial charge on any atom is -0.493 e. The van der Waals surface area contributed by atoms with Gasteiger partial charge in [0, 0.05) is 5.56 Å². The van der Waals surface area contributed by atoms with Crippen LogP contribution in [0.2, 0.25) is 0 Å². The predicted molar refractivity (Wildman–Crippen MR) is 160 cm³/mol. The maximum Gasteiger partial charge on any atom is 0.131 e. The average molecular weight is 515 g/mol. The molecule has 38 heavy (non-hydrogen) atoms. The van der Waals surface area contributed by atoms with Crippen molar-refractivity contribution in [3.8, 4) is 28.0 Å². The van der Waals surface area contributed by atoms with E-state index < -0.39 is 0 Å². The third kappa shape index (κ3) is 6.50. The molecule has 0 aromatic heterocycles. The Morgan fingerprint density at radius 3 is 2.00 bits per heavy atom. The topological polar surface area (TPSA) is 9.23 Å². The number of aryl methyl sites for hydroxylation is 1. The molecule has 1 aliphatic rings. The van der Waals surface area contributed by atoms with Crippen molar-refractivity contribution in [3.05, 3.63) is 77.6 Å². The molecular weight excluding hydrogens is 467 g/mol. The maximum absolute atomic E-state index is 15.2. The first kappa shape index (κ1) is 28.4. The van der Waals surface area contributed by atoms with Crippen LogP contribution in [0.15, 0.2) is 60.7 Å². The van der Waals surface area contributed by atoms with Crippen molar-refractivity contribution >= 4 is 0 Å². The third-order valence-corrected chi connectivity index (χ3v) is 9.59. The van der Waals surface area contributed by atoms with Crippen molar-refractivity contribution in [2.24, 2.45) is 11.3 Å². The highest BCUT2D eigenvalue weighted by atomic mass is 19.1. The van der Waals surface area contributed by atoms with E-state index in [2.05, 4.69) is 71.0 Å². The molecule has 0 spiro atoms. The fraction of sp³-hybridized carbons (Fsp3) is 0.500. The molecule has 1 fully saturated rings. The molecule has 4 rings (SSSR count). The molecular formula is C36H47FO.